The number of hydrogen-bond donors (Lipinski definition) is 1. The highest BCUT2D eigenvalue weighted by Crippen LogP contribution is 2.21. The molecule has 1 aromatic heterocycles. The van der Waals surface area contributed by atoms with Crippen molar-refractivity contribution in [3.8, 4) is 17.7 Å². The number of benzene rings is 1. The van der Waals surface area contributed by atoms with E-state index in [0.29, 0.717) is 17.2 Å². The van der Waals surface area contributed by atoms with Gasteiger partial charge < -0.3 is 9.84 Å². The lowest BCUT2D eigenvalue weighted by Crippen LogP contribution is -1.93. The number of nitriles is 1. The fourth-order valence-corrected chi connectivity index (χ4v) is 1.42. The van der Waals surface area contributed by atoms with Crippen molar-refractivity contribution in [3.05, 3.63) is 53.7 Å². The lowest BCUT2D eigenvalue weighted by atomic mass is 10.2. The topological polar surface area (TPSA) is 66.1 Å². The monoisotopic (exact) mass is 240 g/mol. The van der Waals surface area contributed by atoms with Crippen LogP contribution in [-0.4, -0.2) is 10.1 Å². The molecule has 0 aliphatic rings. The van der Waals surface area contributed by atoms with E-state index in [2.05, 4.69) is 4.98 Å². The number of rotatable bonds is 3. The molecule has 0 unspecified atom stereocenters. The summed E-state index contributed by atoms with van der Waals surface area (Å²) in [6.45, 7) is 1.68. The number of aliphatic hydroxyl groups excluding tert-OH is 1. The van der Waals surface area contributed by atoms with E-state index in [1.807, 2.05) is 6.07 Å². The SMILES string of the molecule is C[C@@H](O)c1ccc(Oc2ccc(C#N)cc2)nc1. The Bertz CT molecular complexity index is 554. The zero-order valence-corrected chi connectivity index (χ0v) is 9.87. The van der Waals surface area contributed by atoms with Crippen LogP contribution in [0.25, 0.3) is 0 Å². The van der Waals surface area contributed by atoms with E-state index >= 15 is 0 Å². The quantitative estimate of drug-likeness (QED) is 0.895. The Kier molecular flexibility index (Phi) is 3.56. The van der Waals surface area contributed by atoms with Crippen molar-refractivity contribution in [2.75, 3.05) is 0 Å². The molecule has 0 fully saturated rings. The second kappa shape index (κ2) is 5.30. The Balaban J connectivity index is 2.11. The molecule has 1 heterocycles. The second-order valence-corrected chi connectivity index (χ2v) is 3.84. The molecule has 0 amide bonds. The van der Waals surface area contributed by atoms with Crippen LogP contribution >= 0.6 is 0 Å². The van der Waals surface area contributed by atoms with Crippen LogP contribution in [0.4, 0.5) is 0 Å². The summed E-state index contributed by atoms with van der Waals surface area (Å²) in [5.41, 5.74) is 1.32. The van der Waals surface area contributed by atoms with Crippen molar-refractivity contribution in [1.82, 2.24) is 4.98 Å². The van der Waals surface area contributed by atoms with Gasteiger partial charge in [-0.3, -0.25) is 0 Å². The zero-order valence-electron chi connectivity index (χ0n) is 9.87. The van der Waals surface area contributed by atoms with Crippen molar-refractivity contribution < 1.29 is 9.84 Å². The van der Waals surface area contributed by atoms with Crippen LogP contribution in [0.2, 0.25) is 0 Å². The summed E-state index contributed by atoms with van der Waals surface area (Å²) >= 11 is 0. The van der Waals surface area contributed by atoms with E-state index in [0.717, 1.165) is 5.56 Å². The molecule has 2 rings (SSSR count). The molecule has 2 aromatic rings. The van der Waals surface area contributed by atoms with Crippen LogP contribution in [0.15, 0.2) is 42.6 Å². The fourth-order valence-electron chi connectivity index (χ4n) is 1.42. The minimum absolute atomic E-state index is 0.448. The maximum Gasteiger partial charge on any atom is 0.219 e. The van der Waals surface area contributed by atoms with Crippen LogP contribution in [0.5, 0.6) is 11.6 Å². The molecule has 0 aliphatic carbocycles. The molecule has 90 valence electrons. The van der Waals surface area contributed by atoms with E-state index in [9.17, 15) is 5.11 Å². The van der Waals surface area contributed by atoms with E-state index in [4.69, 9.17) is 10.00 Å². The molecule has 18 heavy (non-hydrogen) atoms. The summed E-state index contributed by atoms with van der Waals surface area (Å²) in [7, 11) is 0. The highest BCUT2D eigenvalue weighted by atomic mass is 16.5. The number of nitrogens with zero attached hydrogens (tertiary/aromatic N) is 2. The highest BCUT2D eigenvalue weighted by Gasteiger charge is 2.03. The first-order valence-corrected chi connectivity index (χ1v) is 5.51. The molecule has 0 saturated heterocycles. The van der Waals surface area contributed by atoms with Crippen LogP contribution in [0.1, 0.15) is 24.2 Å². The third-order valence-electron chi connectivity index (χ3n) is 2.45. The number of aliphatic hydroxyl groups is 1. The van der Waals surface area contributed by atoms with Gasteiger partial charge in [0.25, 0.3) is 0 Å². The maximum absolute atomic E-state index is 9.35. The Hall–Kier alpha value is -2.38. The van der Waals surface area contributed by atoms with Gasteiger partial charge in [-0.05, 0) is 42.8 Å². The molecule has 0 bridgehead atoms. The Morgan fingerprint density at radius 3 is 2.44 bits per heavy atom. The third-order valence-corrected chi connectivity index (χ3v) is 2.45. The molecule has 1 aromatic carbocycles. The highest BCUT2D eigenvalue weighted by molar-refractivity contribution is 5.36. The van der Waals surface area contributed by atoms with Crippen LogP contribution < -0.4 is 4.74 Å². The smallest absolute Gasteiger partial charge is 0.219 e. The van der Waals surface area contributed by atoms with Gasteiger partial charge in [-0.25, -0.2) is 4.98 Å². The first-order valence-electron chi connectivity index (χ1n) is 5.51. The van der Waals surface area contributed by atoms with Crippen molar-refractivity contribution in [3.63, 3.8) is 0 Å². The van der Waals surface area contributed by atoms with Crippen molar-refractivity contribution in [1.29, 1.82) is 5.26 Å². The Labute approximate surface area is 105 Å². The molecule has 0 aliphatic heterocycles. The number of pyridine rings is 1. The second-order valence-electron chi connectivity index (χ2n) is 3.84. The van der Waals surface area contributed by atoms with E-state index < -0.39 is 6.10 Å². The van der Waals surface area contributed by atoms with Crippen LogP contribution in [-0.2, 0) is 0 Å². The normalized spacial score (nSPS) is 11.6. The predicted molar refractivity (Wildman–Crippen MR) is 66.1 cm³/mol. The summed E-state index contributed by atoms with van der Waals surface area (Å²) in [5, 5.41) is 18.0. The molecular weight excluding hydrogens is 228 g/mol. The van der Waals surface area contributed by atoms with Crippen LogP contribution in [0, 0.1) is 11.3 Å². The molecule has 4 nitrogen and oxygen atoms in total. The molecule has 1 N–H and O–H groups in total. The lowest BCUT2D eigenvalue weighted by molar-refractivity contribution is 0.198. The minimum Gasteiger partial charge on any atom is -0.439 e. The summed E-state index contributed by atoms with van der Waals surface area (Å²) in [6.07, 6.45) is 1.03. The summed E-state index contributed by atoms with van der Waals surface area (Å²) in [4.78, 5) is 4.09. The average molecular weight is 240 g/mol. The fraction of sp³-hybridized carbons (Fsp3) is 0.143. The van der Waals surface area contributed by atoms with Crippen molar-refractivity contribution >= 4 is 0 Å². The number of hydrogen-bond acceptors (Lipinski definition) is 4. The zero-order chi connectivity index (χ0) is 13.0. The van der Waals surface area contributed by atoms with Gasteiger partial charge >= 0.3 is 0 Å². The molecule has 0 radical (unpaired) electrons. The van der Waals surface area contributed by atoms with Gasteiger partial charge in [0.2, 0.25) is 5.88 Å². The lowest BCUT2D eigenvalue weighted by Gasteiger charge is -2.07. The Morgan fingerprint density at radius 2 is 1.94 bits per heavy atom. The van der Waals surface area contributed by atoms with E-state index in [1.54, 1.807) is 49.5 Å². The van der Waals surface area contributed by atoms with Gasteiger partial charge in [0.05, 0.1) is 17.7 Å². The van der Waals surface area contributed by atoms with Gasteiger partial charge in [0, 0.05) is 12.3 Å². The van der Waals surface area contributed by atoms with Gasteiger partial charge in [-0.1, -0.05) is 0 Å². The van der Waals surface area contributed by atoms with Gasteiger partial charge in [-0.2, -0.15) is 5.26 Å². The molecule has 1 atom stereocenters. The number of aromatic nitrogens is 1. The first kappa shape index (κ1) is 12.1. The van der Waals surface area contributed by atoms with Crippen molar-refractivity contribution in [2.24, 2.45) is 0 Å². The standard InChI is InChI=1S/C14H12N2O2/c1-10(17)12-4-7-14(16-9-12)18-13-5-2-11(8-15)3-6-13/h2-7,9-10,17H,1H3/t10-/m1/s1. The van der Waals surface area contributed by atoms with Gasteiger partial charge in [0.1, 0.15) is 5.75 Å². The molecule has 0 saturated carbocycles. The first-order chi connectivity index (χ1) is 8.69. The Morgan fingerprint density at radius 1 is 1.22 bits per heavy atom. The van der Waals surface area contributed by atoms with Gasteiger partial charge in [-0.15, -0.1) is 0 Å². The average Bonchev–Trinajstić information content (AvgIpc) is 2.40. The van der Waals surface area contributed by atoms with E-state index in [-0.39, 0.29) is 0 Å². The van der Waals surface area contributed by atoms with Crippen LogP contribution in [0.3, 0.4) is 0 Å². The molecule has 0 spiro atoms. The summed E-state index contributed by atoms with van der Waals surface area (Å²) in [5.74, 6) is 1.07. The number of ether oxygens (including phenoxy) is 1. The summed E-state index contributed by atoms with van der Waals surface area (Å²) in [6, 6.07) is 12.3. The van der Waals surface area contributed by atoms with E-state index in [1.165, 1.54) is 0 Å². The van der Waals surface area contributed by atoms with Gasteiger partial charge in [0.15, 0.2) is 0 Å². The predicted octanol–water partition coefficient (Wildman–Crippen LogP) is 2.80. The molecule has 4 heteroatoms. The third kappa shape index (κ3) is 2.84. The summed E-state index contributed by atoms with van der Waals surface area (Å²) < 4.78 is 5.51. The largest absolute Gasteiger partial charge is 0.439 e. The molecular formula is C14H12N2O2. The minimum atomic E-state index is -0.540. The maximum atomic E-state index is 9.35. The van der Waals surface area contributed by atoms with Crippen molar-refractivity contribution in [2.45, 2.75) is 13.0 Å².